The Labute approximate surface area is 120 Å². The minimum Gasteiger partial charge on any atom is -0.385 e. The van der Waals surface area contributed by atoms with Crippen LogP contribution in [-0.4, -0.2) is 52.6 Å². The minimum absolute atomic E-state index is 0.142. The fraction of sp³-hybridized carbons (Fsp3) is 0.538. The molecule has 1 aromatic rings. The molecule has 20 heavy (non-hydrogen) atoms. The number of primary sulfonamides is 1. The molecular formula is C13H22N4O2S. The average Bonchev–Trinajstić information content (AvgIpc) is 2.44. The topological polar surface area (TPSA) is 87.5 Å². The van der Waals surface area contributed by atoms with E-state index in [0.717, 1.165) is 51.4 Å². The molecule has 1 aromatic carbocycles. The Bertz CT molecular complexity index is 510. The van der Waals surface area contributed by atoms with Crippen LogP contribution in [0.3, 0.4) is 0 Å². The lowest BCUT2D eigenvalue weighted by Gasteiger charge is -2.27. The van der Waals surface area contributed by atoms with Gasteiger partial charge in [-0.3, -0.25) is 0 Å². The van der Waals surface area contributed by atoms with Crippen LogP contribution in [0.2, 0.25) is 0 Å². The zero-order chi connectivity index (χ0) is 14.4. The number of anilines is 1. The first-order valence-corrected chi connectivity index (χ1v) is 8.40. The van der Waals surface area contributed by atoms with E-state index < -0.39 is 10.0 Å². The molecule has 1 fully saturated rings. The second-order valence-electron chi connectivity index (χ2n) is 4.94. The first kappa shape index (κ1) is 15.2. The Hall–Kier alpha value is -1.15. The first-order chi connectivity index (χ1) is 9.55. The third kappa shape index (κ3) is 4.75. The highest BCUT2D eigenvalue weighted by Gasteiger charge is 2.08. The number of hydrogen-bond donors (Lipinski definition) is 3. The number of nitrogens with one attached hydrogen (secondary N) is 2. The number of hydrogen-bond acceptors (Lipinski definition) is 5. The molecule has 1 saturated heterocycles. The molecule has 0 aromatic heterocycles. The number of benzene rings is 1. The summed E-state index contributed by atoms with van der Waals surface area (Å²) >= 11 is 0. The summed E-state index contributed by atoms with van der Waals surface area (Å²) < 4.78 is 22.3. The maximum atomic E-state index is 11.1. The number of piperazine rings is 1. The summed E-state index contributed by atoms with van der Waals surface area (Å²) in [4.78, 5) is 2.59. The minimum atomic E-state index is -3.60. The van der Waals surface area contributed by atoms with E-state index in [0.29, 0.717) is 0 Å². The van der Waals surface area contributed by atoms with Gasteiger partial charge < -0.3 is 15.5 Å². The van der Waals surface area contributed by atoms with E-state index in [2.05, 4.69) is 15.5 Å². The predicted octanol–water partition coefficient (Wildman–Crippen LogP) is 0.0412. The largest absolute Gasteiger partial charge is 0.385 e. The lowest BCUT2D eigenvalue weighted by Crippen LogP contribution is -2.44. The molecule has 0 radical (unpaired) electrons. The van der Waals surface area contributed by atoms with E-state index in [9.17, 15) is 8.42 Å². The molecule has 0 spiro atoms. The maximum absolute atomic E-state index is 11.1. The van der Waals surface area contributed by atoms with Crippen molar-refractivity contribution in [2.45, 2.75) is 11.3 Å². The molecule has 2 rings (SSSR count). The zero-order valence-electron chi connectivity index (χ0n) is 11.5. The monoisotopic (exact) mass is 298 g/mol. The molecular weight excluding hydrogens is 276 g/mol. The predicted molar refractivity (Wildman–Crippen MR) is 80.2 cm³/mol. The van der Waals surface area contributed by atoms with Crippen LogP contribution in [0.25, 0.3) is 0 Å². The van der Waals surface area contributed by atoms with E-state index >= 15 is 0 Å². The van der Waals surface area contributed by atoms with Gasteiger partial charge in [0, 0.05) is 38.4 Å². The van der Waals surface area contributed by atoms with Crippen molar-refractivity contribution >= 4 is 15.7 Å². The molecule has 6 nitrogen and oxygen atoms in total. The van der Waals surface area contributed by atoms with Crippen molar-refractivity contribution in [2.75, 3.05) is 44.6 Å². The van der Waals surface area contributed by atoms with Crippen LogP contribution in [0.1, 0.15) is 6.42 Å². The van der Waals surface area contributed by atoms with Crippen LogP contribution in [-0.2, 0) is 10.0 Å². The summed E-state index contributed by atoms with van der Waals surface area (Å²) in [6, 6.07) is 6.52. The second kappa shape index (κ2) is 7.03. The summed E-state index contributed by atoms with van der Waals surface area (Å²) in [5, 5.41) is 11.7. The van der Waals surface area contributed by atoms with Crippen LogP contribution in [0.15, 0.2) is 29.2 Å². The number of nitrogens with zero attached hydrogens (tertiary/aromatic N) is 1. The van der Waals surface area contributed by atoms with Crippen molar-refractivity contribution in [2.24, 2.45) is 5.14 Å². The van der Waals surface area contributed by atoms with Gasteiger partial charge in [-0.1, -0.05) is 0 Å². The summed E-state index contributed by atoms with van der Waals surface area (Å²) in [6.07, 6.45) is 1.07. The molecule has 0 bridgehead atoms. The molecule has 7 heteroatoms. The molecule has 0 saturated carbocycles. The Morgan fingerprint density at radius 3 is 2.45 bits per heavy atom. The maximum Gasteiger partial charge on any atom is 0.238 e. The van der Waals surface area contributed by atoms with E-state index in [4.69, 9.17) is 5.14 Å². The molecule has 0 atom stereocenters. The van der Waals surface area contributed by atoms with Gasteiger partial charge in [0.15, 0.2) is 0 Å². The number of rotatable bonds is 6. The van der Waals surface area contributed by atoms with Gasteiger partial charge >= 0.3 is 0 Å². The molecule has 0 amide bonds. The quantitative estimate of drug-likeness (QED) is 0.646. The molecule has 1 heterocycles. The molecule has 1 aliphatic rings. The first-order valence-electron chi connectivity index (χ1n) is 6.85. The Balaban J connectivity index is 1.71. The number of nitrogens with two attached hydrogens (primary N) is 1. The Morgan fingerprint density at radius 2 is 1.85 bits per heavy atom. The standard InChI is InChI=1S/C13H22N4O2S/c14-20(18,19)13-4-2-12(3-5-13)16-6-1-9-17-10-7-15-8-11-17/h2-5,15-16H,1,6-11H2,(H2,14,18,19). The van der Waals surface area contributed by atoms with Gasteiger partial charge in [0.25, 0.3) is 0 Å². The van der Waals surface area contributed by atoms with Gasteiger partial charge in [-0.15, -0.1) is 0 Å². The van der Waals surface area contributed by atoms with Gasteiger partial charge in [0.2, 0.25) is 10.0 Å². The fourth-order valence-corrected chi connectivity index (χ4v) is 2.75. The van der Waals surface area contributed by atoms with Crippen molar-refractivity contribution in [3.63, 3.8) is 0 Å². The molecule has 0 aliphatic carbocycles. The van der Waals surface area contributed by atoms with Crippen LogP contribution in [0.5, 0.6) is 0 Å². The van der Waals surface area contributed by atoms with Crippen LogP contribution in [0, 0.1) is 0 Å². The molecule has 112 valence electrons. The summed E-state index contributed by atoms with van der Waals surface area (Å²) in [7, 11) is -3.60. The lowest BCUT2D eigenvalue weighted by atomic mass is 10.3. The van der Waals surface area contributed by atoms with Crippen molar-refractivity contribution in [1.82, 2.24) is 10.2 Å². The Morgan fingerprint density at radius 1 is 1.20 bits per heavy atom. The van der Waals surface area contributed by atoms with Crippen LogP contribution < -0.4 is 15.8 Å². The lowest BCUT2D eigenvalue weighted by molar-refractivity contribution is 0.240. The zero-order valence-corrected chi connectivity index (χ0v) is 12.3. The summed E-state index contributed by atoms with van der Waals surface area (Å²) in [5.41, 5.74) is 0.915. The van der Waals surface area contributed by atoms with Gasteiger partial charge in [-0.05, 0) is 37.2 Å². The molecule has 4 N–H and O–H groups in total. The highest BCUT2D eigenvalue weighted by molar-refractivity contribution is 7.89. The number of sulfonamides is 1. The van der Waals surface area contributed by atoms with Gasteiger partial charge in [0.05, 0.1) is 4.90 Å². The highest BCUT2D eigenvalue weighted by Crippen LogP contribution is 2.12. The Kier molecular flexibility index (Phi) is 5.36. The van der Waals surface area contributed by atoms with Crippen molar-refractivity contribution in [1.29, 1.82) is 0 Å². The highest BCUT2D eigenvalue weighted by atomic mass is 32.2. The van der Waals surface area contributed by atoms with Crippen LogP contribution in [0.4, 0.5) is 5.69 Å². The normalized spacial score (nSPS) is 17.1. The van der Waals surface area contributed by atoms with Gasteiger partial charge in [0.1, 0.15) is 0 Å². The SMILES string of the molecule is NS(=O)(=O)c1ccc(NCCCN2CCNCC2)cc1. The third-order valence-electron chi connectivity index (χ3n) is 3.37. The van der Waals surface area contributed by atoms with Crippen molar-refractivity contribution in [3.05, 3.63) is 24.3 Å². The summed E-state index contributed by atoms with van der Waals surface area (Å²) in [6.45, 7) is 6.33. The summed E-state index contributed by atoms with van der Waals surface area (Å²) in [5.74, 6) is 0. The third-order valence-corrected chi connectivity index (χ3v) is 4.30. The fourth-order valence-electron chi connectivity index (χ4n) is 2.23. The molecule has 1 aliphatic heterocycles. The van der Waals surface area contributed by atoms with Crippen molar-refractivity contribution < 1.29 is 8.42 Å². The van der Waals surface area contributed by atoms with E-state index in [-0.39, 0.29) is 4.90 Å². The second-order valence-corrected chi connectivity index (χ2v) is 6.50. The van der Waals surface area contributed by atoms with E-state index in [1.54, 1.807) is 12.1 Å². The van der Waals surface area contributed by atoms with Gasteiger partial charge in [-0.2, -0.15) is 0 Å². The van der Waals surface area contributed by atoms with E-state index in [1.165, 1.54) is 12.1 Å². The van der Waals surface area contributed by atoms with Gasteiger partial charge in [-0.25, -0.2) is 13.6 Å². The van der Waals surface area contributed by atoms with E-state index in [1.807, 2.05) is 0 Å². The smallest absolute Gasteiger partial charge is 0.238 e. The average molecular weight is 298 g/mol. The van der Waals surface area contributed by atoms with Crippen LogP contribution >= 0.6 is 0 Å². The van der Waals surface area contributed by atoms with Crippen molar-refractivity contribution in [3.8, 4) is 0 Å². The molecule has 0 unspecified atom stereocenters.